The lowest BCUT2D eigenvalue weighted by atomic mass is 9.94. The Hall–Kier alpha value is -1.36. The lowest BCUT2D eigenvalue weighted by Crippen LogP contribution is -2.54. The van der Waals surface area contributed by atoms with E-state index in [2.05, 4.69) is 5.10 Å². The van der Waals surface area contributed by atoms with Gasteiger partial charge in [-0.15, -0.1) is 0 Å². The van der Waals surface area contributed by atoms with Crippen LogP contribution in [0.4, 0.5) is 0 Å². The van der Waals surface area contributed by atoms with Gasteiger partial charge >= 0.3 is 5.97 Å². The van der Waals surface area contributed by atoms with Crippen molar-refractivity contribution in [3.8, 4) is 0 Å². The molecule has 0 spiro atoms. The van der Waals surface area contributed by atoms with E-state index in [1.807, 2.05) is 19.2 Å². The van der Waals surface area contributed by atoms with Crippen molar-refractivity contribution >= 4 is 5.97 Å². The van der Waals surface area contributed by atoms with Crippen LogP contribution in [0, 0.1) is 12.8 Å². The Morgan fingerprint density at radius 2 is 2.41 bits per heavy atom. The number of rotatable bonds is 5. The summed E-state index contributed by atoms with van der Waals surface area (Å²) < 4.78 is 6.81. The molecule has 1 aromatic heterocycles. The fraction of sp³-hybridized carbons (Fsp3) is 0.667. The minimum absolute atomic E-state index is 0.228. The molecule has 2 rings (SSSR count). The van der Waals surface area contributed by atoms with Crippen LogP contribution >= 0.6 is 0 Å². The first-order valence-electron chi connectivity index (χ1n) is 6.02. The standard InChI is InChI=1S/C12H19N3O2/c1-3-17-11(16)12(13,10-4-5-10)8-15-7-6-9(2)14-15/h6-7,10H,3-5,8,13H2,1-2H3. The lowest BCUT2D eigenvalue weighted by molar-refractivity contribution is -0.151. The number of ether oxygens (including phenoxy) is 1. The van der Waals surface area contributed by atoms with E-state index in [0.717, 1.165) is 18.5 Å². The molecule has 1 saturated carbocycles. The quantitative estimate of drug-likeness (QED) is 0.771. The normalized spacial score (nSPS) is 18.8. The summed E-state index contributed by atoms with van der Waals surface area (Å²) in [5, 5.41) is 4.28. The molecule has 0 amide bonds. The van der Waals surface area contributed by atoms with Gasteiger partial charge in [-0.1, -0.05) is 0 Å². The molecule has 1 aliphatic carbocycles. The lowest BCUT2D eigenvalue weighted by Gasteiger charge is -2.26. The highest BCUT2D eigenvalue weighted by atomic mass is 16.5. The van der Waals surface area contributed by atoms with E-state index in [0.29, 0.717) is 13.2 Å². The van der Waals surface area contributed by atoms with Crippen LogP contribution in [0.3, 0.4) is 0 Å². The number of nitrogens with zero attached hydrogens (tertiary/aromatic N) is 2. The van der Waals surface area contributed by atoms with Crippen molar-refractivity contribution in [2.24, 2.45) is 11.7 Å². The maximum absolute atomic E-state index is 12.0. The van der Waals surface area contributed by atoms with Gasteiger partial charge in [-0.25, -0.2) is 4.79 Å². The van der Waals surface area contributed by atoms with Crippen LogP contribution in [0.5, 0.6) is 0 Å². The number of aryl methyl sites for hydroxylation is 1. The SMILES string of the molecule is CCOC(=O)C(N)(Cn1ccc(C)n1)C1CC1. The van der Waals surface area contributed by atoms with Crippen molar-refractivity contribution in [3.63, 3.8) is 0 Å². The maximum Gasteiger partial charge on any atom is 0.328 e. The van der Waals surface area contributed by atoms with Crippen molar-refractivity contribution in [1.29, 1.82) is 0 Å². The van der Waals surface area contributed by atoms with Gasteiger partial charge in [-0.05, 0) is 38.7 Å². The molecule has 5 heteroatoms. The van der Waals surface area contributed by atoms with Gasteiger partial charge in [-0.3, -0.25) is 4.68 Å². The zero-order chi connectivity index (χ0) is 12.5. The van der Waals surface area contributed by atoms with Gasteiger partial charge in [0.1, 0.15) is 5.54 Å². The second kappa shape index (κ2) is 4.49. The summed E-state index contributed by atoms with van der Waals surface area (Å²) in [6.07, 6.45) is 3.84. The van der Waals surface area contributed by atoms with E-state index in [1.165, 1.54) is 0 Å². The second-order valence-electron chi connectivity index (χ2n) is 4.69. The Kier molecular flexibility index (Phi) is 3.19. The number of esters is 1. The molecule has 1 fully saturated rings. The van der Waals surface area contributed by atoms with Crippen molar-refractivity contribution in [3.05, 3.63) is 18.0 Å². The summed E-state index contributed by atoms with van der Waals surface area (Å²) in [5.41, 5.74) is 6.24. The third-order valence-corrected chi connectivity index (χ3v) is 3.16. The molecule has 0 aliphatic heterocycles. The Balaban J connectivity index is 2.13. The van der Waals surface area contributed by atoms with Gasteiger partial charge in [0.15, 0.2) is 0 Å². The van der Waals surface area contributed by atoms with Crippen LogP contribution in [0.2, 0.25) is 0 Å². The highest BCUT2D eigenvalue weighted by molar-refractivity contribution is 5.81. The summed E-state index contributed by atoms with van der Waals surface area (Å²) in [6.45, 7) is 4.46. The van der Waals surface area contributed by atoms with E-state index in [9.17, 15) is 4.79 Å². The fourth-order valence-electron chi connectivity index (χ4n) is 2.04. The summed E-state index contributed by atoms with van der Waals surface area (Å²) in [6, 6.07) is 1.90. The van der Waals surface area contributed by atoms with E-state index < -0.39 is 5.54 Å². The molecular formula is C12H19N3O2. The first kappa shape index (κ1) is 12.1. The summed E-state index contributed by atoms with van der Waals surface area (Å²) in [7, 11) is 0. The monoisotopic (exact) mass is 237 g/mol. The van der Waals surface area contributed by atoms with Gasteiger partial charge < -0.3 is 10.5 Å². The van der Waals surface area contributed by atoms with Crippen molar-refractivity contribution in [2.45, 2.75) is 38.8 Å². The molecule has 1 aromatic rings. The average Bonchev–Trinajstić information content (AvgIpc) is 3.05. The average molecular weight is 237 g/mol. The molecule has 0 aromatic carbocycles. The van der Waals surface area contributed by atoms with Crippen LogP contribution in [0.15, 0.2) is 12.3 Å². The minimum Gasteiger partial charge on any atom is -0.465 e. The predicted molar refractivity (Wildman–Crippen MR) is 63.2 cm³/mol. The number of carbonyl (C=O) groups excluding carboxylic acids is 1. The number of carbonyl (C=O) groups is 1. The summed E-state index contributed by atoms with van der Waals surface area (Å²) >= 11 is 0. The van der Waals surface area contributed by atoms with E-state index in [4.69, 9.17) is 10.5 Å². The van der Waals surface area contributed by atoms with Crippen LogP contribution < -0.4 is 5.73 Å². The molecule has 1 atom stereocenters. The number of nitrogens with two attached hydrogens (primary N) is 1. The molecule has 0 radical (unpaired) electrons. The van der Waals surface area contributed by atoms with Crippen LogP contribution in [0.1, 0.15) is 25.5 Å². The molecule has 94 valence electrons. The molecule has 5 nitrogen and oxygen atoms in total. The molecule has 1 heterocycles. The third kappa shape index (κ3) is 2.49. The molecular weight excluding hydrogens is 218 g/mol. The van der Waals surface area contributed by atoms with E-state index in [1.54, 1.807) is 11.6 Å². The first-order chi connectivity index (χ1) is 8.06. The second-order valence-corrected chi connectivity index (χ2v) is 4.69. The minimum atomic E-state index is -0.922. The summed E-state index contributed by atoms with van der Waals surface area (Å²) in [4.78, 5) is 12.0. The van der Waals surface area contributed by atoms with Crippen LogP contribution in [-0.4, -0.2) is 27.9 Å². The van der Waals surface area contributed by atoms with E-state index >= 15 is 0 Å². The summed E-state index contributed by atoms with van der Waals surface area (Å²) in [5.74, 6) is -0.0818. The Bertz CT molecular complexity index is 412. The largest absolute Gasteiger partial charge is 0.465 e. The maximum atomic E-state index is 12.0. The molecule has 1 unspecified atom stereocenters. The van der Waals surface area contributed by atoms with Crippen LogP contribution in [0.25, 0.3) is 0 Å². The Labute approximate surface area is 101 Å². The topological polar surface area (TPSA) is 70.1 Å². The fourth-order valence-corrected chi connectivity index (χ4v) is 2.04. The highest BCUT2D eigenvalue weighted by Gasteiger charge is 2.49. The number of aromatic nitrogens is 2. The third-order valence-electron chi connectivity index (χ3n) is 3.16. The van der Waals surface area contributed by atoms with Gasteiger partial charge in [0, 0.05) is 6.20 Å². The van der Waals surface area contributed by atoms with Gasteiger partial charge in [-0.2, -0.15) is 5.10 Å². The van der Waals surface area contributed by atoms with Gasteiger partial charge in [0.25, 0.3) is 0 Å². The molecule has 17 heavy (non-hydrogen) atoms. The van der Waals surface area contributed by atoms with Crippen LogP contribution in [-0.2, 0) is 16.1 Å². The Morgan fingerprint density at radius 1 is 1.71 bits per heavy atom. The zero-order valence-corrected chi connectivity index (χ0v) is 10.3. The smallest absolute Gasteiger partial charge is 0.328 e. The van der Waals surface area contributed by atoms with Gasteiger partial charge in [0.2, 0.25) is 0 Å². The van der Waals surface area contributed by atoms with Crippen molar-refractivity contribution in [1.82, 2.24) is 9.78 Å². The number of hydrogen-bond donors (Lipinski definition) is 1. The molecule has 2 N–H and O–H groups in total. The molecule has 0 saturated heterocycles. The molecule has 1 aliphatic rings. The van der Waals surface area contributed by atoms with Crippen molar-refractivity contribution < 1.29 is 9.53 Å². The van der Waals surface area contributed by atoms with Gasteiger partial charge in [0.05, 0.1) is 18.8 Å². The predicted octanol–water partition coefficient (Wildman–Crippen LogP) is 0.862. The molecule has 0 bridgehead atoms. The first-order valence-corrected chi connectivity index (χ1v) is 6.02. The Morgan fingerprint density at radius 3 is 2.88 bits per heavy atom. The highest BCUT2D eigenvalue weighted by Crippen LogP contribution is 2.39. The zero-order valence-electron chi connectivity index (χ0n) is 10.3. The number of hydrogen-bond acceptors (Lipinski definition) is 4. The van der Waals surface area contributed by atoms with Crippen molar-refractivity contribution in [2.75, 3.05) is 6.61 Å². The van der Waals surface area contributed by atoms with E-state index in [-0.39, 0.29) is 11.9 Å².